The molecule has 70 valence electrons. The molecule has 2 heteroatoms. The van der Waals surface area contributed by atoms with Crippen LogP contribution in [0.5, 0.6) is 0 Å². The Labute approximate surface area is 73.9 Å². The zero-order valence-electron chi connectivity index (χ0n) is 8.09. The van der Waals surface area contributed by atoms with Crippen LogP contribution >= 0.6 is 0 Å². The highest BCUT2D eigenvalue weighted by atomic mass is 16.6. The lowest BCUT2D eigenvalue weighted by Crippen LogP contribution is -2.45. The standard InChI is InChI=1S/C10H17O2/c1-7(2)10-5-4-9(3,12-10)8(11)6-10/h7-8H,4-6H2,1-3H3/q-1. The van der Waals surface area contributed by atoms with Crippen LogP contribution in [-0.4, -0.2) is 17.3 Å². The van der Waals surface area contributed by atoms with Crippen LogP contribution in [-0.2, 0) is 4.74 Å². The number of hydrogen-bond donors (Lipinski definition) is 0. The molecular formula is C10H17O2-. The maximum absolute atomic E-state index is 11.6. The van der Waals surface area contributed by atoms with Gasteiger partial charge in [-0.05, 0) is 32.1 Å². The third kappa shape index (κ3) is 0.882. The summed E-state index contributed by atoms with van der Waals surface area (Å²) >= 11 is 0. The largest absolute Gasteiger partial charge is 0.850 e. The molecule has 0 spiro atoms. The van der Waals surface area contributed by atoms with Gasteiger partial charge in [0.25, 0.3) is 0 Å². The predicted molar refractivity (Wildman–Crippen MR) is 44.7 cm³/mol. The fourth-order valence-corrected chi connectivity index (χ4v) is 2.57. The molecule has 0 radical (unpaired) electrons. The molecule has 2 aliphatic rings. The van der Waals surface area contributed by atoms with Gasteiger partial charge >= 0.3 is 0 Å². The Balaban J connectivity index is 2.25. The Hall–Kier alpha value is -0.0800. The first kappa shape index (κ1) is 8.52. The van der Waals surface area contributed by atoms with Crippen molar-refractivity contribution >= 4 is 0 Å². The van der Waals surface area contributed by atoms with Gasteiger partial charge in [-0.1, -0.05) is 20.0 Å². The molecule has 2 saturated heterocycles. The van der Waals surface area contributed by atoms with Crippen molar-refractivity contribution in [1.29, 1.82) is 0 Å². The van der Waals surface area contributed by atoms with E-state index in [0.29, 0.717) is 5.92 Å². The average Bonchev–Trinajstić information content (AvgIpc) is 2.41. The highest BCUT2D eigenvalue weighted by Crippen LogP contribution is 2.52. The van der Waals surface area contributed by atoms with Crippen molar-refractivity contribution in [2.24, 2.45) is 5.92 Å². The molecule has 12 heavy (non-hydrogen) atoms. The lowest BCUT2D eigenvalue weighted by atomic mass is 9.76. The zero-order valence-corrected chi connectivity index (χ0v) is 8.09. The van der Waals surface area contributed by atoms with Gasteiger partial charge in [-0.2, -0.15) is 0 Å². The second kappa shape index (κ2) is 2.24. The quantitative estimate of drug-likeness (QED) is 0.588. The van der Waals surface area contributed by atoms with Crippen molar-refractivity contribution in [2.75, 3.05) is 0 Å². The van der Waals surface area contributed by atoms with Crippen LogP contribution in [0, 0.1) is 5.92 Å². The summed E-state index contributed by atoms with van der Waals surface area (Å²) in [7, 11) is 0. The molecule has 0 aromatic carbocycles. The number of fused-ring (bicyclic) bond motifs is 2. The van der Waals surface area contributed by atoms with E-state index in [9.17, 15) is 5.11 Å². The highest BCUT2D eigenvalue weighted by Gasteiger charge is 2.55. The summed E-state index contributed by atoms with van der Waals surface area (Å²) < 4.78 is 5.91. The zero-order chi connectivity index (χ0) is 8.98. The minimum atomic E-state index is -0.492. The smallest absolute Gasteiger partial charge is 0.0704 e. The van der Waals surface area contributed by atoms with Crippen molar-refractivity contribution in [1.82, 2.24) is 0 Å². The van der Waals surface area contributed by atoms with Gasteiger partial charge in [0.1, 0.15) is 0 Å². The van der Waals surface area contributed by atoms with E-state index < -0.39 is 6.10 Å². The van der Waals surface area contributed by atoms with Crippen LogP contribution in [0.1, 0.15) is 40.0 Å². The van der Waals surface area contributed by atoms with Crippen LogP contribution in [0.3, 0.4) is 0 Å². The molecule has 2 heterocycles. The highest BCUT2D eigenvalue weighted by molar-refractivity contribution is 5.08. The second-order valence-corrected chi connectivity index (χ2v) is 4.83. The Bertz CT molecular complexity index is 202. The Kier molecular flexibility index (Phi) is 1.59. The Morgan fingerprint density at radius 3 is 2.33 bits per heavy atom. The van der Waals surface area contributed by atoms with E-state index in [0.717, 1.165) is 19.3 Å². The Morgan fingerprint density at radius 1 is 1.42 bits per heavy atom. The number of hydrogen-bond acceptors (Lipinski definition) is 2. The molecular weight excluding hydrogens is 152 g/mol. The van der Waals surface area contributed by atoms with Gasteiger partial charge in [-0.15, -0.1) is 0 Å². The van der Waals surface area contributed by atoms with E-state index in [1.165, 1.54) is 0 Å². The summed E-state index contributed by atoms with van der Waals surface area (Å²) in [5, 5.41) is 11.6. The van der Waals surface area contributed by atoms with Crippen LogP contribution in [0.25, 0.3) is 0 Å². The first-order valence-electron chi connectivity index (χ1n) is 4.84. The molecule has 0 N–H and O–H groups in total. The summed E-state index contributed by atoms with van der Waals surface area (Å²) in [6.07, 6.45) is 2.27. The van der Waals surface area contributed by atoms with Crippen molar-refractivity contribution in [3.63, 3.8) is 0 Å². The fourth-order valence-electron chi connectivity index (χ4n) is 2.57. The monoisotopic (exact) mass is 169 g/mol. The summed E-state index contributed by atoms with van der Waals surface area (Å²) in [4.78, 5) is 0. The SMILES string of the molecule is CC(C)C12CCC(C)(O1)C([O-])C2. The van der Waals surface area contributed by atoms with Gasteiger partial charge in [0.2, 0.25) is 0 Å². The topological polar surface area (TPSA) is 32.3 Å². The fraction of sp³-hybridized carbons (Fsp3) is 1.00. The van der Waals surface area contributed by atoms with Crippen molar-refractivity contribution < 1.29 is 9.84 Å². The molecule has 2 nitrogen and oxygen atoms in total. The predicted octanol–water partition coefficient (Wildman–Crippen LogP) is 1.08. The van der Waals surface area contributed by atoms with Crippen molar-refractivity contribution in [2.45, 2.75) is 57.3 Å². The first-order valence-corrected chi connectivity index (χ1v) is 4.84. The molecule has 0 amide bonds. The van der Waals surface area contributed by atoms with E-state index in [-0.39, 0.29) is 11.2 Å². The van der Waals surface area contributed by atoms with E-state index >= 15 is 0 Å². The normalized spacial score (nSPS) is 52.2. The second-order valence-electron chi connectivity index (χ2n) is 4.83. The molecule has 2 rings (SSSR count). The molecule has 3 atom stereocenters. The van der Waals surface area contributed by atoms with E-state index in [4.69, 9.17) is 4.74 Å². The van der Waals surface area contributed by atoms with Gasteiger partial charge < -0.3 is 9.84 Å². The van der Waals surface area contributed by atoms with Crippen LogP contribution < -0.4 is 5.11 Å². The summed E-state index contributed by atoms with van der Waals surface area (Å²) in [5.74, 6) is 0.485. The third-order valence-corrected chi connectivity index (χ3v) is 3.75. The minimum Gasteiger partial charge on any atom is -0.850 e. The lowest BCUT2D eigenvalue weighted by molar-refractivity contribution is -0.440. The van der Waals surface area contributed by atoms with E-state index in [2.05, 4.69) is 13.8 Å². The molecule has 2 aliphatic heterocycles. The van der Waals surface area contributed by atoms with Gasteiger partial charge in [-0.3, -0.25) is 0 Å². The van der Waals surface area contributed by atoms with E-state index in [1.807, 2.05) is 6.92 Å². The molecule has 2 fully saturated rings. The Morgan fingerprint density at radius 2 is 2.08 bits per heavy atom. The summed E-state index contributed by atoms with van der Waals surface area (Å²) in [6, 6.07) is 0. The molecule has 3 unspecified atom stereocenters. The molecule has 0 aliphatic carbocycles. The van der Waals surface area contributed by atoms with Crippen LogP contribution in [0.4, 0.5) is 0 Å². The maximum Gasteiger partial charge on any atom is 0.0704 e. The molecule has 2 bridgehead atoms. The van der Waals surface area contributed by atoms with Gasteiger partial charge in [0.15, 0.2) is 0 Å². The van der Waals surface area contributed by atoms with Crippen molar-refractivity contribution in [3.05, 3.63) is 0 Å². The lowest BCUT2D eigenvalue weighted by Gasteiger charge is -2.35. The van der Waals surface area contributed by atoms with Gasteiger partial charge in [0, 0.05) is 0 Å². The molecule has 0 saturated carbocycles. The third-order valence-electron chi connectivity index (χ3n) is 3.75. The first-order chi connectivity index (χ1) is 5.49. The van der Waals surface area contributed by atoms with Crippen LogP contribution in [0.15, 0.2) is 0 Å². The minimum absolute atomic E-state index is 0.0683. The molecule has 0 aromatic rings. The molecule has 0 aromatic heterocycles. The number of rotatable bonds is 1. The van der Waals surface area contributed by atoms with Gasteiger partial charge in [-0.25, -0.2) is 0 Å². The van der Waals surface area contributed by atoms with Crippen LogP contribution in [0.2, 0.25) is 0 Å². The maximum atomic E-state index is 11.6. The number of ether oxygens (including phenoxy) is 1. The van der Waals surface area contributed by atoms with Gasteiger partial charge in [0.05, 0.1) is 11.2 Å². The summed E-state index contributed by atoms with van der Waals surface area (Å²) in [5.41, 5.74) is -0.411. The average molecular weight is 169 g/mol. The van der Waals surface area contributed by atoms with E-state index in [1.54, 1.807) is 0 Å². The van der Waals surface area contributed by atoms with Crippen molar-refractivity contribution in [3.8, 4) is 0 Å². The summed E-state index contributed by atoms with van der Waals surface area (Å²) in [6.45, 7) is 6.29.